The molecule has 1 amide bonds. The van der Waals surface area contributed by atoms with Gasteiger partial charge in [-0.3, -0.25) is 4.79 Å². The van der Waals surface area contributed by atoms with Crippen LogP contribution in [0.15, 0.2) is 23.0 Å². The Hall–Kier alpha value is -1.73. The summed E-state index contributed by atoms with van der Waals surface area (Å²) in [5.41, 5.74) is 1.71. The Balaban J connectivity index is 1.57. The Kier molecular flexibility index (Phi) is 3.56. The summed E-state index contributed by atoms with van der Waals surface area (Å²) in [7, 11) is 0. The second kappa shape index (κ2) is 5.50. The van der Waals surface area contributed by atoms with Crippen LogP contribution >= 0.6 is 11.3 Å². The Labute approximate surface area is 114 Å². The van der Waals surface area contributed by atoms with Gasteiger partial charge in [0.15, 0.2) is 0 Å². The molecule has 0 aromatic carbocycles. The highest BCUT2D eigenvalue weighted by Crippen LogP contribution is 2.13. The zero-order valence-electron chi connectivity index (χ0n) is 10.3. The van der Waals surface area contributed by atoms with Crippen LogP contribution in [0, 0.1) is 0 Å². The van der Waals surface area contributed by atoms with E-state index in [1.54, 1.807) is 16.0 Å². The number of thiophene rings is 1. The third-order valence-electron chi connectivity index (χ3n) is 2.98. The predicted octanol–water partition coefficient (Wildman–Crippen LogP) is 1.12. The second-order valence-corrected chi connectivity index (χ2v) is 5.14. The van der Waals surface area contributed by atoms with Crippen molar-refractivity contribution in [3.8, 4) is 5.69 Å². The molecule has 0 radical (unpaired) electrons. The summed E-state index contributed by atoms with van der Waals surface area (Å²) in [6.07, 6.45) is 3.27. The van der Waals surface area contributed by atoms with Gasteiger partial charge in [0, 0.05) is 12.0 Å². The number of carbonyl (C=O) groups excluding carboxylic acids is 1. The maximum atomic E-state index is 11.8. The van der Waals surface area contributed by atoms with Crippen molar-refractivity contribution in [3.05, 3.63) is 28.7 Å². The van der Waals surface area contributed by atoms with Gasteiger partial charge in [-0.1, -0.05) is 5.21 Å². The fraction of sp³-hybridized carbons (Fsp3) is 0.417. The van der Waals surface area contributed by atoms with E-state index in [2.05, 4.69) is 15.6 Å². The van der Waals surface area contributed by atoms with Gasteiger partial charge in [-0.2, -0.15) is 11.3 Å². The van der Waals surface area contributed by atoms with E-state index >= 15 is 0 Å². The summed E-state index contributed by atoms with van der Waals surface area (Å²) in [4.78, 5) is 11.8. The molecule has 1 aliphatic heterocycles. The molecule has 2 aromatic heterocycles. The molecule has 1 fully saturated rings. The topological polar surface area (TPSA) is 69.0 Å². The molecule has 1 N–H and O–H groups in total. The normalized spacial score (nSPS) is 18.6. The fourth-order valence-corrected chi connectivity index (χ4v) is 2.59. The molecule has 0 saturated carbocycles. The van der Waals surface area contributed by atoms with Crippen molar-refractivity contribution in [2.45, 2.75) is 25.5 Å². The lowest BCUT2D eigenvalue weighted by Gasteiger charge is -2.08. The van der Waals surface area contributed by atoms with Crippen LogP contribution in [0.2, 0.25) is 0 Å². The summed E-state index contributed by atoms with van der Waals surface area (Å²) in [5, 5.41) is 14.9. The van der Waals surface area contributed by atoms with E-state index in [-0.39, 0.29) is 12.0 Å². The van der Waals surface area contributed by atoms with Crippen LogP contribution in [-0.4, -0.2) is 33.6 Å². The summed E-state index contributed by atoms with van der Waals surface area (Å²) in [5.74, 6) is -0.0671. The number of nitrogens with zero attached hydrogens (tertiary/aromatic N) is 3. The highest BCUT2D eigenvalue weighted by Gasteiger charge is 2.23. The van der Waals surface area contributed by atoms with E-state index in [1.165, 1.54) is 0 Å². The molecule has 0 aliphatic carbocycles. The number of nitrogens with one attached hydrogen (secondary N) is 1. The van der Waals surface area contributed by atoms with Gasteiger partial charge in [0.2, 0.25) is 5.91 Å². The Morgan fingerprint density at radius 2 is 2.58 bits per heavy atom. The van der Waals surface area contributed by atoms with Crippen LogP contribution < -0.4 is 5.32 Å². The minimum atomic E-state index is -0.299. The highest BCUT2D eigenvalue weighted by atomic mass is 32.1. The van der Waals surface area contributed by atoms with Crippen molar-refractivity contribution >= 4 is 17.2 Å². The van der Waals surface area contributed by atoms with Gasteiger partial charge in [0.25, 0.3) is 0 Å². The average molecular weight is 278 g/mol. The lowest BCUT2D eigenvalue weighted by molar-refractivity contribution is -0.130. The minimum Gasteiger partial charge on any atom is -0.368 e. The molecule has 2 aromatic rings. The van der Waals surface area contributed by atoms with Crippen molar-refractivity contribution in [2.75, 3.05) is 6.61 Å². The predicted molar refractivity (Wildman–Crippen MR) is 70.1 cm³/mol. The van der Waals surface area contributed by atoms with Crippen LogP contribution in [0.4, 0.5) is 0 Å². The van der Waals surface area contributed by atoms with E-state index in [1.807, 2.05) is 23.0 Å². The first-order chi connectivity index (χ1) is 9.33. The minimum absolute atomic E-state index is 0.0671. The SMILES string of the molecule is O=C(NCc1cn(-c2ccsc2)nn1)[C@@H]1CCCO1. The van der Waals surface area contributed by atoms with E-state index in [4.69, 9.17) is 4.74 Å². The van der Waals surface area contributed by atoms with Crippen molar-refractivity contribution in [2.24, 2.45) is 0 Å². The van der Waals surface area contributed by atoms with Gasteiger partial charge in [-0.25, -0.2) is 4.68 Å². The third-order valence-corrected chi connectivity index (χ3v) is 3.65. The van der Waals surface area contributed by atoms with E-state index in [0.29, 0.717) is 13.2 Å². The first-order valence-corrected chi connectivity index (χ1v) is 7.10. The van der Waals surface area contributed by atoms with Gasteiger partial charge < -0.3 is 10.1 Å². The number of ether oxygens (including phenoxy) is 1. The lowest BCUT2D eigenvalue weighted by atomic mass is 10.2. The van der Waals surface area contributed by atoms with Crippen LogP contribution in [0.25, 0.3) is 5.69 Å². The number of hydrogen-bond acceptors (Lipinski definition) is 5. The number of hydrogen-bond donors (Lipinski definition) is 1. The van der Waals surface area contributed by atoms with Crippen molar-refractivity contribution in [1.82, 2.24) is 20.3 Å². The molecule has 0 spiro atoms. The van der Waals surface area contributed by atoms with Crippen LogP contribution in [-0.2, 0) is 16.1 Å². The van der Waals surface area contributed by atoms with Crippen molar-refractivity contribution < 1.29 is 9.53 Å². The second-order valence-electron chi connectivity index (χ2n) is 4.36. The average Bonchev–Trinajstić information content (AvgIpc) is 3.14. The Morgan fingerprint density at radius 3 is 3.32 bits per heavy atom. The molecular formula is C12H14N4O2S. The van der Waals surface area contributed by atoms with E-state index in [9.17, 15) is 4.79 Å². The maximum Gasteiger partial charge on any atom is 0.249 e. The van der Waals surface area contributed by atoms with Gasteiger partial charge in [0.1, 0.15) is 11.8 Å². The summed E-state index contributed by atoms with van der Waals surface area (Å²) >= 11 is 1.60. The lowest BCUT2D eigenvalue weighted by Crippen LogP contribution is -2.33. The molecule has 3 heterocycles. The zero-order chi connectivity index (χ0) is 13.1. The number of amides is 1. The van der Waals surface area contributed by atoms with Gasteiger partial charge >= 0.3 is 0 Å². The molecule has 19 heavy (non-hydrogen) atoms. The molecule has 1 saturated heterocycles. The molecule has 6 nitrogen and oxygen atoms in total. The number of aromatic nitrogens is 3. The molecule has 1 aliphatic rings. The maximum absolute atomic E-state index is 11.8. The van der Waals surface area contributed by atoms with Crippen LogP contribution in [0.3, 0.4) is 0 Å². The standard InChI is InChI=1S/C12H14N4O2S/c17-12(11-2-1-4-18-11)13-6-9-7-16(15-14-9)10-3-5-19-8-10/h3,5,7-8,11H,1-2,4,6H2,(H,13,17)/t11-/m0/s1. The van der Waals surface area contributed by atoms with E-state index < -0.39 is 0 Å². The molecular weight excluding hydrogens is 264 g/mol. The highest BCUT2D eigenvalue weighted by molar-refractivity contribution is 7.08. The first-order valence-electron chi connectivity index (χ1n) is 6.16. The number of carbonyl (C=O) groups is 1. The Bertz CT molecular complexity index is 546. The smallest absolute Gasteiger partial charge is 0.249 e. The monoisotopic (exact) mass is 278 g/mol. The third kappa shape index (κ3) is 2.82. The summed E-state index contributed by atoms with van der Waals surface area (Å²) in [6.45, 7) is 1.05. The fourth-order valence-electron chi connectivity index (χ4n) is 1.97. The van der Waals surface area contributed by atoms with Gasteiger partial charge in [-0.05, 0) is 24.3 Å². The van der Waals surface area contributed by atoms with E-state index in [0.717, 1.165) is 24.2 Å². The molecule has 100 valence electrons. The summed E-state index contributed by atoms with van der Waals surface area (Å²) < 4.78 is 7.01. The number of rotatable bonds is 4. The molecule has 3 rings (SSSR count). The Morgan fingerprint density at radius 1 is 1.63 bits per heavy atom. The zero-order valence-corrected chi connectivity index (χ0v) is 11.1. The molecule has 0 bridgehead atoms. The molecule has 7 heteroatoms. The molecule has 1 atom stereocenters. The first kappa shape index (κ1) is 12.3. The quantitative estimate of drug-likeness (QED) is 0.910. The van der Waals surface area contributed by atoms with Gasteiger partial charge in [0.05, 0.1) is 18.4 Å². The van der Waals surface area contributed by atoms with Crippen LogP contribution in [0.1, 0.15) is 18.5 Å². The van der Waals surface area contributed by atoms with Gasteiger partial charge in [-0.15, -0.1) is 5.10 Å². The van der Waals surface area contributed by atoms with Crippen molar-refractivity contribution in [3.63, 3.8) is 0 Å². The molecule has 0 unspecified atom stereocenters. The van der Waals surface area contributed by atoms with Crippen molar-refractivity contribution in [1.29, 1.82) is 0 Å². The largest absolute Gasteiger partial charge is 0.368 e. The summed E-state index contributed by atoms with van der Waals surface area (Å²) in [6, 6.07) is 1.97. The van der Waals surface area contributed by atoms with Crippen LogP contribution in [0.5, 0.6) is 0 Å².